The van der Waals surface area contributed by atoms with Crippen molar-refractivity contribution in [3.63, 3.8) is 0 Å². The van der Waals surface area contributed by atoms with E-state index in [0.717, 1.165) is 5.56 Å². The summed E-state index contributed by atoms with van der Waals surface area (Å²) in [6.45, 7) is -0.000662. The van der Waals surface area contributed by atoms with Gasteiger partial charge in [-0.3, -0.25) is 14.2 Å². The number of ether oxygens (including phenoxy) is 1. The zero-order valence-electron chi connectivity index (χ0n) is 13.0. The molecule has 0 spiro atoms. The molecule has 0 amide bonds. The molecule has 0 aliphatic carbocycles. The second kappa shape index (κ2) is 7.37. The van der Waals surface area contributed by atoms with Gasteiger partial charge in [0, 0.05) is 0 Å². The Bertz CT molecular complexity index is 930. The smallest absolute Gasteiger partial charge is 0.326 e. The van der Waals surface area contributed by atoms with Gasteiger partial charge in [-0.25, -0.2) is 4.98 Å². The molecule has 0 unspecified atom stereocenters. The lowest BCUT2D eigenvalue weighted by Crippen LogP contribution is -2.25. The lowest BCUT2D eigenvalue weighted by Gasteiger charge is -2.06. The van der Waals surface area contributed by atoms with E-state index in [1.165, 1.54) is 10.9 Å². The van der Waals surface area contributed by atoms with Crippen molar-refractivity contribution in [2.75, 3.05) is 6.61 Å². The fraction of sp³-hybridized carbons (Fsp3) is 0.105. The van der Waals surface area contributed by atoms with Crippen LogP contribution in [0.4, 0.5) is 0 Å². The number of para-hydroxylation sites is 1. The van der Waals surface area contributed by atoms with Gasteiger partial charge in [0.15, 0.2) is 0 Å². The molecule has 5 nitrogen and oxygen atoms in total. The summed E-state index contributed by atoms with van der Waals surface area (Å²) >= 11 is 0. The molecule has 3 aromatic rings. The highest BCUT2D eigenvalue weighted by molar-refractivity contribution is 5.77. The number of carbonyl (C=O) groups excluding carboxylic acids is 1. The summed E-state index contributed by atoms with van der Waals surface area (Å²) in [6, 6.07) is 16.7. The molecule has 0 aliphatic rings. The second-order valence-corrected chi connectivity index (χ2v) is 5.19. The first kappa shape index (κ1) is 15.7. The van der Waals surface area contributed by atoms with Gasteiger partial charge in [-0.1, -0.05) is 48.5 Å². The number of hydrogen-bond donors (Lipinski definition) is 0. The number of rotatable bonds is 5. The number of nitrogens with zero attached hydrogens (tertiary/aromatic N) is 2. The van der Waals surface area contributed by atoms with Gasteiger partial charge >= 0.3 is 5.97 Å². The molecule has 1 aromatic heterocycles. The van der Waals surface area contributed by atoms with Crippen LogP contribution in [0.15, 0.2) is 71.8 Å². The van der Waals surface area contributed by atoms with E-state index in [2.05, 4.69) is 4.98 Å². The summed E-state index contributed by atoms with van der Waals surface area (Å²) in [4.78, 5) is 28.3. The van der Waals surface area contributed by atoms with Crippen molar-refractivity contribution in [2.45, 2.75) is 6.54 Å². The van der Waals surface area contributed by atoms with Crippen LogP contribution in [-0.4, -0.2) is 22.1 Å². The van der Waals surface area contributed by atoms with Crippen LogP contribution in [0, 0.1) is 0 Å². The zero-order chi connectivity index (χ0) is 16.8. The third-order valence-electron chi connectivity index (χ3n) is 3.48. The molecule has 0 aliphatic heterocycles. The minimum Gasteiger partial charge on any atom is -0.460 e. The molecule has 0 saturated heterocycles. The maximum Gasteiger partial charge on any atom is 0.326 e. The number of esters is 1. The van der Waals surface area contributed by atoms with Crippen molar-refractivity contribution in [1.29, 1.82) is 0 Å². The quantitative estimate of drug-likeness (QED) is 0.678. The van der Waals surface area contributed by atoms with E-state index in [1.54, 1.807) is 24.3 Å². The van der Waals surface area contributed by atoms with Crippen molar-refractivity contribution >= 4 is 22.9 Å². The molecule has 0 atom stereocenters. The van der Waals surface area contributed by atoms with Crippen molar-refractivity contribution in [3.05, 3.63) is 82.9 Å². The normalized spacial score (nSPS) is 11.0. The zero-order valence-corrected chi connectivity index (χ0v) is 13.0. The number of carbonyl (C=O) groups is 1. The number of hydrogen-bond acceptors (Lipinski definition) is 4. The van der Waals surface area contributed by atoms with Gasteiger partial charge in [0.1, 0.15) is 13.2 Å². The van der Waals surface area contributed by atoms with E-state index >= 15 is 0 Å². The SMILES string of the molecule is O=C(Cn1cnc2ccccc2c1=O)OC/C=C/c1ccccc1. The molecule has 0 N–H and O–H groups in total. The molecular formula is C19H16N2O3. The fourth-order valence-electron chi connectivity index (χ4n) is 2.29. The summed E-state index contributed by atoms with van der Waals surface area (Å²) in [5.41, 5.74) is 1.39. The molecule has 120 valence electrons. The van der Waals surface area contributed by atoms with E-state index in [-0.39, 0.29) is 18.7 Å². The minimum absolute atomic E-state index is 0.156. The Hall–Kier alpha value is -3.21. The van der Waals surface area contributed by atoms with Crippen LogP contribution < -0.4 is 5.56 Å². The van der Waals surface area contributed by atoms with Crippen LogP contribution >= 0.6 is 0 Å². The predicted molar refractivity (Wildman–Crippen MR) is 92.4 cm³/mol. The first-order valence-electron chi connectivity index (χ1n) is 7.55. The van der Waals surface area contributed by atoms with Gasteiger partial charge in [-0.15, -0.1) is 0 Å². The molecule has 3 rings (SSSR count). The van der Waals surface area contributed by atoms with Gasteiger partial charge in [-0.2, -0.15) is 0 Å². The third-order valence-corrected chi connectivity index (χ3v) is 3.48. The topological polar surface area (TPSA) is 61.2 Å². The number of fused-ring (bicyclic) bond motifs is 1. The Morgan fingerprint density at radius 3 is 2.67 bits per heavy atom. The highest BCUT2D eigenvalue weighted by Crippen LogP contribution is 2.05. The van der Waals surface area contributed by atoms with Crippen LogP contribution in [-0.2, 0) is 16.1 Å². The Balaban J connectivity index is 1.60. The summed E-state index contributed by atoms with van der Waals surface area (Å²) < 4.78 is 6.38. The van der Waals surface area contributed by atoms with Crippen LogP contribution in [0.25, 0.3) is 17.0 Å². The van der Waals surface area contributed by atoms with Gasteiger partial charge in [0.05, 0.1) is 17.2 Å². The van der Waals surface area contributed by atoms with Crippen molar-refractivity contribution in [1.82, 2.24) is 9.55 Å². The number of benzene rings is 2. The van der Waals surface area contributed by atoms with Crippen molar-refractivity contribution in [2.24, 2.45) is 0 Å². The standard InChI is InChI=1S/C19H16N2O3/c22-18(24-12-6-9-15-7-2-1-3-8-15)13-21-14-20-17-11-5-4-10-16(17)19(21)23/h1-11,14H,12-13H2/b9-6+. The molecule has 1 heterocycles. The van der Waals surface area contributed by atoms with Crippen LogP contribution in [0.3, 0.4) is 0 Å². The summed E-state index contributed by atoms with van der Waals surface area (Å²) in [5, 5.41) is 0.483. The van der Waals surface area contributed by atoms with Crippen LogP contribution in [0.1, 0.15) is 5.56 Å². The van der Waals surface area contributed by atoms with E-state index in [0.29, 0.717) is 10.9 Å². The molecule has 2 aromatic carbocycles. The van der Waals surface area contributed by atoms with E-state index in [4.69, 9.17) is 4.74 Å². The second-order valence-electron chi connectivity index (χ2n) is 5.19. The molecular weight excluding hydrogens is 304 g/mol. The first-order valence-corrected chi connectivity index (χ1v) is 7.55. The monoisotopic (exact) mass is 320 g/mol. The van der Waals surface area contributed by atoms with Gasteiger partial charge in [0.25, 0.3) is 5.56 Å². The maximum absolute atomic E-state index is 12.3. The van der Waals surface area contributed by atoms with E-state index in [1.807, 2.05) is 42.5 Å². The lowest BCUT2D eigenvalue weighted by molar-refractivity contribution is -0.143. The number of aromatic nitrogens is 2. The van der Waals surface area contributed by atoms with Gasteiger partial charge < -0.3 is 4.74 Å². The molecule has 5 heteroatoms. The largest absolute Gasteiger partial charge is 0.460 e. The van der Waals surface area contributed by atoms with E-state index in [9.17, 15) is 9.59 Å². The van der Waals surface area contributed by atoms with Crippen molar-refractivity contribution in [3.8, 4) is 0 Å². The molecule has 0 saturated carbocycles. The minimum atomic E-state index is -0.480. The molecule has 0 bridgehead atoms. The summed E-state index contributed by atoms with van der Waals surface area (Å²) in [5.74, 6) is -0.480. The average molecular weight is 320 g/mol. The van der Waals surface area contributed by atoms with Crippen molar-refractivity contribution < 1.29 is 9.53 Å². The molecule has 0 radical (unpaired) electrons. The maximum atomic E-state index is 12.3. The van der Waals surface area contributed by atoms with Crippen LogP contribution in [0.5, 0.6) is 0 Å². The average Bonchev–Trinajstić information content (AvgIpc) is 2.62. The predicted octanol–water partition coefficient (Wildman–Crippen LogP) is 2.65. The highest BCUT2D eigenvalue weighted by Gasteiger charge is 2.08. The molecule has 24 heavy (non-hydrogen) atoms. The Morgan fingerprint density at radius 2 is 1.83 bits per heavy atom. The first-order chi connectivity index (χ1) is 11.7. The van der Waals surface area contributed by atoms with Gasteiger partial charge in [-0.05, 0) is 23.8 Å². The molecule has 0 fully saturated rings. The van der Waals surface area contributed by atoms with E-state index < -0.39 is 5.97 Å². The Labute approximate surface area is 138 Å². The Kier molecular flexibility index (Phi) is 4.81. The summed E-state index contributed by atoms with van der Waals surface area (Å²) in [6.07, 6.45) is 5.00. The van der Waals surface area contributed by atoms with Gasteiger partial charge in [0.2, 0.25) is 0 Å². The third kappa shape index (κ3) is 3.76. The highest BCUT2D eigenvalue weighted by atomic mass is 16.5. The lowest BCUT2D eigenvalue weighted by atomic mass is 10.2. The summed E-state index contributed by atoms with van der Waals surface area (Å²) in [7, 11) is 0. The van der Waals surface area contributed by atoms with Crippen LogP contribution in [0.2, 0.25) is 0 Å². The Morgan fingerprint density at radius 1 is 1.08 bits per heavy atom. The fourth-order valence-corrected chi connectivity index (χ4v) is 2.29.